The van der Waals surface area contributed by atoms with Crippen LogP contribution in [0.4, 0.5) is 5.69 Å². The minimum Gasteiger partial charge on any atom is -0.508 e. The highest BCUT2D eigenvalue weighted by atomic mass is 16.5. The van der Waals surface area contributed by atoms with Crippen LogP contribution in [-0.2, 0) is 30.3 Å². The van der Waals surface area contributed by atoms with Gasteiger partial charge in [-0.15, -0.1) is 0 Å². The molecular formula is C36H50N2O7. The summed E-state index contributed by atoms with van der Waals surface area (Å²) in [5, 5.41) is 27.1. The Bertz CT molecular complexity index is 1260. The van der Waals surface area contributed by atoms with Crippen LogP contribution in [0.15, 0.2) is 66.3 Å². The van der Waals surface area contributed by atoms with Crippen LogP contribution >= 0.6 is 0 Å². The van der Waals surface area contributed by atoms with Gasteiger partial charge in [-0.25, -0.2) is 4.79 Å². The van der Waals surface area contributed by atoms with Crippen LogP contribution in [0.1, 0.15) is 77.7 Å². The Balaban J connectivity index is 1.81. The lowest BCUT2D eigenvalue weighted by Gasteiger charge is -2.30. The minimum atomic E-state index is -0.821. The number of carbonyl (C=O) groups excluding carboxylic acids is 3. The van der Waals surface area contributed by atoms with Crippen molar-refractivity contribution < 1.29 is 34.1 Å². The van der Waals surface area contributed by atoms with E-state index in [4.69, 9.17) is 9.47 Å². The van der Waals surface area contributed by atoms with Crippen molar-refractivity contribution in [1.29, 1.82) is 0 Å². The van der Waals surface area contributed by atoms with E-state index in [0.29, 0.717) is 24.9 Å². The van der Waals surface area contributed by atoms with Crippen molar-refractivity contribution in [3.05, 3.63) is 71.9 Å². The van der Waals surface area contributed by atoms with E-state index in [1.54, 1.807) is 31.2 Å². The van der Waals surface area contributed by atoms with Crippen molar-refractivity contribution >= 4 is 23.5 Å². The minimum absolute atomic E-state index is 0.0375. The van der Waals surface area contributed by atoms with Gasteiger partial charge in [0.1, 0.15) is 17.9 Å². The fraction of sp³-hybridized carbons (Fsp3) is 0.528. The van der Waals surface area contributed by atoms with Crippen LogP contribution in [0.25, 0.3) is 0 Å². The molecule has 3 rings (SSSR count). The summed E-state index contributed by atoms with van der Waals surface area (Å²) >= 11 is 0. The molecule has 9 heteroatoms. The summed E-state index contributed by atoms with van der Waals surface area (Å²) in [4.78, 5) is 38.7. The first-order valence-corrected chi connectivity index (χ1v) is 16.1. The molecule has 1 saturated carbocycles. The Hall–Kier alpha value is -3.69. The molecular weight excluding hydrogens is 572 g/mol. The highest BCUT2D eigenvalue weighted by molar-refractivity contribution is 5.91. The van der Waals surface area contributed by atoms with Crippen molar-refractivity contribution in [3.63, 3.8) is 0 Å². The van der Waals surface area contributed by atoms with Gasteiger partial charge in [-0.3, -0.25) is 9.59 Å². The standard InChI is InChI=1S/C36H50N2O7/c1-24-14-13-15-27-20-29(22-30(39)21-27)38-33(41)23-31(44-4)18-11-6-5-7-12-19-32(40)25(2)34(24)45-36(43)26(3)37-35(42)28-16-9-8-10-17-28/h5-7,11-12,14,18,20-22,25-26,28,31-32,34,39-40H,8-10,13,15-17,19,23H2,1-4H3,(H,37,42)(H,38,41)/b6-5+,12-7+,18-11-,24-14+/t25?,26-,31?,32?,34?/m1/s1. The maximum atomic E-state index is 13.2. The van der Waals surface area contributed by atoms with Crippen molar-refractivity contribution in [3.8, 4) is 5.75 Å². The number of ether oxygens (including phenoxy) is 2. The fourth-order valence-electron chi connectivity index (χ4n) is 5.72. The van der Waals surface area contributed by atoms with Crippen LogP contribution in [0.5, 0.6) is 5.75 Å². The number of carbonyl (C=O) groups is 3. The first-order chi connectivity index (χ1) is 21.6. The molecule has 2 bridgehead atoms. The van der Waals surface area contributed by atoms with Gasteiger partial charge in [-0.05, 0) is 69.2 Å². The number of rotatable bonds is 5. The lowest BCUT2D eigenvalue weighted by Crippen LogP contribution is -2.45. The van der Waals surface area contributed by atoms with E-state index >= 15 is 0 Å². The number of benzene rings is 1. The van der Waals surface area contributed by atoms with Crippen molar-refractivity contribution in [2.75, 3.05) is 12.4 Å². The SMILES string of the molecule is COC1\C=C/C=C/C=C/CC(O)C(C)C(OC(=O)[C@@H](C)NC(=O)C2CCCCC2)/C(C)=C/CCc2cc(O)cc(c2)NC(=O)C1. The summed E-state index contributed by atoms with van der Waals surface area (Å²) in [6.07, 6.45) is 17.3. The molecule has 5 atom stereocenters. The van der Waals surface area contributed by atoms with Crippen LogP contribution in [0.3, 0.4) is 0 Å². The second kappa shape index (κ2) is 18.3. The molecule has 45 heavy (non-hydrogen) atoms. The van der Waals surface area contributed by atoms with Gasteiger partial charge in [0.25, 0.3) is 0 Å². The van der Waals surface area contributed by atoms with E-state index in [1.807, 2.05) is 44.2 Å². The van der Waals surface area contributed by atoms with Crippen LogP contribution < -0.4 is 10.6 Å². The number of phenols is 1. The van der Waals surface area contributed by atoms with E-state index < -0.39 is 36.2 Å². The smallest absolute Gasteiger partial charge is 0.328 e. The van der Waals surface area contributed by atoms with Crippen LogP contribution in [-0.4, -0.2) is 59.5 Å². The van der Waals surface area contributed by atoms with Crippen LogP contribution in [0, 0.1) is 11.8 Å². The fourth-order valence-corrected chi connectivity index (χ4v) is 5.72. The first-order valence-electron chi connectivity index (χ1n) is 16.1. The second-order valence-corrected chi connectivity index (χ2v) is 12.2. The zero-order valence-electron chi connectivity index (χ0n) is 27.0. The molecule has 2 aliphatic rings. The molecule has 0 spiro atoms. The predicted octanol–water partition coefficient (Wildman–Crippen LogP) is 5.68. The summed E-state index contributed by atoms with van der Waals surface area (Å²) < 4.78 is 11.4. The molecule has 1 aliphatic carbocycles. The Kier molecular flexibility index (Phi) is 14.6. The molecule has 246 valence electrons. The van der Waals surface area contributed by atoms with Gasteiger partial charge in [0.15, 0.2) is 0 Å². The molecule has 4 N–H and O–H groups in total. The number of amides is 2. The van der Waals surface area contributed by atoms with E-state index in [-0.39, 0.29) is 29.9 Å². The zero-order valence-corrected chi connectivity index (χ0v) is 27.0. The molecule has 0 aromatic heterocycles. The molecule has 1 aromatic carbocycles. The maximum Gasteiger partial charge on any atom is 0.328 e. The summed E-state index contributed by atoms with van der Waals surface area (Å²) in [6.45, 7) is 5.35. The number of hydrogen-bond donors (Lipinski definition) is 4. The van der Waals surface area contributed by atoms with Crippen molar-refractivity contribution in [1.82, 2.24) is 5.32 Å². The monoisotopic (exact) mass is 622 g/mol. The average molecular weight is 623 g/mol. The number of methoxy groups -OCH3 is 1. The number of nitrogens with one attached hydrogen (secondary N) is 2. The predicted molar refractivity (Wildman–Crippen MR) is 175 cm³/mol. The topological polar surface area (TPSA) is 134 Å². The lowest BCUT2D eigenvalue weighted by molar-refractivity contribution is -0.155. The third-order valence-electron chi connectivity index (χ3n) is 8.49. The summed E-state index contributed by atoms with van der Waals surface area (Å²) in [6, 6.07) is 4.14. The van der Waals surface area contributed by atoms with E-state index in [0.717, 1.165) is 43.2 Å². The Morgan fingerprint density at radius 3 is 2.53 bits per heavy atom. The highest BCUT2D eigenvalue weighted by Crippen LogP contribution is 2.26. The molecule has 1 aliphatic heterocycles. The van der Waals surface area contributed by atoms with Gasteiger partial charge in [0, 0.05) is 30.7 Å². The maximum absolute atomic E-state index is 13.2. The molecule has 1 heterocycles. The Labute approximate surface area is 267 Å². The molecule has 0 saturated heterocycles. The number of aromatic hydroxyl groups is 1. The number of allylic oxidation sites excluding steroid dienone is 5. The summed E-state index contributed by atoms with van der Waals surface area (Å²) in [7, 11) is 1.54. The number of hydrogen-bond acceptors (Lipinski definition) is 7. The third kappa shape index (κ3) is 12.0. The first kappa shape index (κ1) is 35.8. The van der Waals surface area contributed by atoms with Gasteiger partial charge in [-0.2, -0.15) is 0 Å². The Morgan fingerprint density at radius 2 is 1.80 bits per heavy atom. The zero-order chi connectivity index (χ0) is 32.8. The van der Waals surface area contributed by atoms with Gasteiger partial charge >= 0.3 is 5.97 Å². The molecule has 2 amide bonds. The molecule has 4 unspecified atom stereocenters. The number of aliphatic hydroxyl groups excluding tert-OH is 1. The molecule has 0 radical (unpaired) electrons. The van der Waals surface area contributed by atoms with Gasteiger partial charge in [0.2, 0.25) is 11.8 Å². The Morgan fingerprint density at radius 1 is 1.07 bits per heavy atom. The lowest BCUT2D eigenvalue weighted by atomic mass is 9.88. The number of esters is 1. The largest absolute Gasteiger partial charge is 0.508 e. The highest BCUT2D eigenvalue weighted by Gasteiger charge is 2.31. The van der Waals surface area contributed by atoms with Crippen LogP contribution in [0.2, 0.25) is 0 Å². The van der Waals surface area contributed by atoms with E-state index in [1.165, 1.54) is 13.2 Å². The average Bonchev–Trinajstić information content (AvgIpc) is 3.01. The number of phenolic OH excluding ortho intramolecular Hbond substituents is 1. The molecule has 9 nitrogen and oxygen atoms in total. The number of aryl methyl sites for hydroxylation is 1. The van der Waals surface area contributed by atoms with E-state index in [9.17, 15) is 24.6 Å². The van der Waals surface area contributed by atoms with Gasteiger partial charge in [-0.1, -0.05) is 68.7 Å². The van der Waals surface area contributed by atoms with Gasteiger partial charge in [0.05, 0.1) is 18.6 Å². The summed E-state index contributed by atoms with van der Waals surface area (Å²) in [5.41, 5.74) is 2.08. The summed E-state index contributed by atoms with van der Waals surface area (Å²) in [5.74, 6) is -1.37. The molecule has 1 aromatic rings. The van der Waals surface area contributed by atoms with E-state index in [2.05, 4.69) is 10.6 Å². The van der Waals surface area contributed by atoms with Crippen molar-refractivity contribution in [2.24, 2.45) is 11.8 Å². The third-order valence-corrected chi connectivity index (χ3v) is 8.49. The number of fused-ring (bicyclic) bond motifs is 2. The normalized spacial score (nSPS) is 28.2. The number of aliphatic hydroxyl groups is 1. The van der Waals surface area contributed by atoms with Gasteiger partial charge < -0.3 is 30.3 Å². The number of anilines is 1. The quantitative estimate of drug-likeness (QED) is 0.245. The molecule has 1 fully saturated rings. The van der Waals surface area contributed by atoms with Crippen molar-refractivity contribution in [2.45, 2.75) is 103 Å². The second-order valence-electron chi connectivity index (χ2n) is 12.2.